The largest absolute Gasteiger partial charge is 0.497 e. The van der Waals surface area contributed by atoms with Crippen molar-refractivity contribution in [1.29, 1.82) is 0 Å². The molecule has 1 aromatic rings. The summed E-state index contributed by atoms with van der Waals surface area (Å²) in [5.74, 6) is 0.744. The molecule has 2 N–H and O–H groups in total. The van der Waals surface area contributed by atoms with Gasteiger partial charge in [-0.05, 0) is 44.0 Å². The minimum Gasteiger partial charge on any atom is -0.497 e. The summed E-state index contributed by atoms with van der Waals surface area (Å²) in [6.45, 7) is 4.06. The second kappa shape index (κ2) is 8.00. The zero-order valence-corrected chi connectivity index (χ0v) is 12.7. The Hall–Kier alpha value is -1.59. The number of piperidine rings is 1. The lowest BCUT2D eigenvalue weighted by atomic mass is 10.1. The number of ether oxygens (including phenoxy) is 2. The first kappa shape index (κ1) is 15.8. The molecular weight excluding hydrogens is 268 g/mol. The van der Waals surface area contributed by atoms with E-state index in [0.29, 0.717) is 6.61 Å². The van der Waals surface area contributed by atoms with Gasteiger partial charge in [0.1, 0.15) is 11.9 Å². The quantitative estimate of drug-likeness (QED) is 0.833. The number of rotatable bonds is 6. The minimum absolute atomic E-state index is 0.0494. The van der Waals surface area contributed by atoms with Crippen molar-refractivity contribution in [3.05, 3.63) is 29.8 Å². The molecule has 2 unspecified atom stereocenters. The molecule has 1 fully saturated rings. The van der Waals surface area contributed by atoms with Crippen LogP contribution in [0.3, 0.4) is 0 Å². The molecule has 2 atom stereocenters. The van der Waals surface area contributed by atoms with Crippen molar-refractivity contribution in [2.75, 3.05) is 20.2 Å². The molecule has 1 aromatic carbocycles. The molecule has 0 radical (unpaired) electrons. The monoisotopic (exact) mass is 292 g/mol. The molecule has 1 saturated heterocycles. The van der Waals surface area contributed by atoms with Gasteiger partial charge < -0.3 is 20.1 Å². The fraction of sp³-hybridized carbons (Fsp3) is 0.562. The standard InChI is InChI=1S/C16H24N2O3/c1-12(16(19)18-14-6-4-8-17-10-14)21-11-13-5-3-7-15(9-13)20-2/h3,5,7,9,12,14,17H,4,6,8,10-11H2,1-2H3,(H,18,19). The van der Waals surface area contributed by atoms with Crippen LogP contribution in [0.15, 0.2) is 24.3 Å². The Bertz CT molecular complexity index is 459. The maximum absolute atomic E-state index is 12.1. The average molecular weight is 292 g/mol. The zero-order chi connectivity index (χ0) is 15.1. The van der Waals surface area contributed by atoms with E-state index < -0.39 is 6.10 Å². The van der Waals surface area contributed by atoms with Crippen LogP contribution < -0.4 is 15.4 Å². The van der Waals surface area contributed by atoms with Crippen LogP contribution in [0.2, 0.25) is 0 Å². The molecule has 5 heteroatoms. The number of methoxy groups -OCH3 is 1. The first-order valence-electron chi connectivity index (χ1n) is 7.44. The van der Waals surface area contributed by atoms with Crippen molar-refractivity contribution in [3.63, 3.8) is 0 Å². The highest BCUT2D eigenvalue weighted by atomic mass is 16.5. The summed E-state index contributed by atoms with van der Waals surface area (Å²) >= 11 is 0. The normalized spacial score (nSPS) is 19.8. The molecule has 0 aliphatic carbocycles. The summed E-state index contributed by atoms with van der Waals surface area (Å²) in [4.78, 5) is 12.1. The van der Waals surface area contributed by atoms with Crippen molar-refractivity contribution < 1.29 is 14.3 Å². The number of carbonyl (C=O) groups is 1. The number of carbonyl (C=O) groups excluding carboxylic acids is 1. The van der Waals surface area contributed by atoms with Gasteiger partial charge in [-0.3, -0.25) is 4.79 Å². The summed E-state index contributed by atoms with van der Waals surface area (Å²) < 4.78 is 10.8. The maximum atomic E-state index is 12.1. The van der Waals surface area contributed by atoms with E-state index in [-0.39, 0.29) is 11.9 Å². The minimum atomic E-state index is -0.460. The number of amides is 1. The molecule has 1 aliphatic heterocycles. The lowest BCUT2D eigenvalue weighted by molar-refractivity contribution is -0.133. The SMILES string of the molecule is COc1cccc(COC(C)C(=O)NC2CCCNC2)c1. The van der Waals surface area contributed by atoms with Gasteiger partial charge in [0.25, 0.3) is 0 Å². The van der Waals surface area contributed by atoms with E-state index in [4.69, 9.17) is 9.47 Å². The van der Waals surface area contributed by atoms with Crippen LogP contribution in [0.25, 0.3) is 0 Å². The molecule has 0 saturated carbocycles. The average Bonchev–Trinajstić information content (AvgIpc) is 2.53. The Morgan fingerprint density at radius 2 is 2.38 bits per heavy atom. The molecule has 0 bridgehead atoms. The Morgan fingerprint density at radius 1 is 1.52 bits per heavy atom. The van der Waals surface area contributed by atoms with Crippen molar-refractivity contribution in [2.24, 2.45) is 0 Å². The van der Waals surface area contributed by atoms with Crippen LogP contribution in [0.1, 0.15) is 25.3 Å². The summed E-state index contributed by atoms with van der Waals surface area (Å²) in [6.07, 6.45) is 1.67. The first-order valence-corrected chi connectivity index (χ1v) is 7.44. The Labute approximate surface area is 126 Å². The van der Waals surface area contributed by atoms with Gasteiger partial charge >= 0.3 is 0 Å². The van der Waals surface area contributed by atoms with E-state index in [1.807, 2.05) is 24.3 Å². The fourth-order valence-corrected chi connectivity index (χ4v) is 2.35. The van der Waals surface area contributed by atoms with Crippen molar-refractivity contribution in [3.8, 4) is 5.75 Å². The summed E-state index contributed by atoms with van der Waals surface area (Å²) in [6, 6.07) is 7.88. The molecule has 1 heterocycles. The number of hydrogen-bond acceptors (Lipinski definition) is 4. The van der Waals surface area contributed by atoms with Crippen LogP contribution in [-0.2, 0) is 16.1 Å². The van der Waals surface area contributed by atoms with Crippen molar-refractivity contribution in [2.45, 2.75) is 38.5 Å². The molecule has 0 spiro atoms. The third-order valence-electron chi connectivity index (χ3n) is 3.65. The van der Waals surface area contributed by atoms with Gasteiger partial charge in [-0.25, -0.2) is 0 Å². The van der Waals surface area contributed by atoms with Crippen molar-refractivity contribution in [1.82, 2.24) is 10.6 Å². The first-order chi connectivity index (χ1) is 10.2. The van der Waals surface area contributed by atoms with Crippen LogP contribution in [0.5, 0.6) is 5.75 Å². The number of benzene rings is 1. The van der Waals surface area contributed by atoms with Crippen LogP contribution in [0, 0.1) is 0 Å². The third-order valence-corrected chi connectivity index (χ3v) is 3.65. The van der Waals surface area contributed by atoms with Crippen LogP contribution >= 0.6 is 0 Å². The van der Waals surface area contributed by atoms with E-state index in [2.05, 4.69) is 10.6 Å². The predicted molar refractivity (Wildman–Crippen MR) is 81.3 cm³/mol. The van der Waals surface area contributed by atoms with E-state index in [9.17, 15) is 4.79 Å². The van der Waals surface area contributed by atoms with Gasteiger partial charge in [-0.2, -0.15) is 0 Å². The zero-order valence-electron chi connectivity index (χ0n) is 12.7. The Morgan fingerprint density at radius 3 is 3.10 bits per heavy atom. The number of nitrogens with one attached hydrogen (secondary N) is 2. The molecule has 1 aliphatic rings. The van der Waals surface area contributed by atoms with Gasteiger partial charge in [0.15, 0.2) is 0 Å². The lowest BCUT2D eigenvalue weighted by Crippen LogP contribution is -2.48. The van der Waals surface area contributed by atoms with Gasteiger partial charge in [0.2, 0.25) is 5.91 Å². The molecule has 0 aromatic heterocycles. The van der Waals surface area contributed by atoms with Crippen LogP contribution in [0.4, 0.5) is 0 Å². The topological polar surface area (TPSA) is 59.6 Å². The Balaban J connectivity index is 1.77. The molecule has 21 heavy (non-hydrogen) atoms. The van der Waals surface area contributed by atoms with Gasteiger partial charge in [-0.1, -0.05) is 12.1 Å². The highest BCUT2D eigenvalue weighted by Gasteiger charge is 2.19. The van der Waals surface area contributed by atoms with Gasteiger partial charge in [0.05, 0.1) is 13.7 Å². The summed E-state index contributed by atoms with van der Waals surface area (Å²) in [5, 5.41) is 6.31. The van der Waals surface area contributed by atoms with E-state index >= 15 is 0 Å². The molecule has 116 valence electrons. The fourth-order valence-electron chi connectivity index (χ4n) is 2.35. The second-order valence-electron chi connectivity index (χ2n) is 5.36. The predicted octanol–water partition coefficient (Wildman–Crippen LogP) is 1.47. The molecular formula is C16H24N2O3. The van der Waals surface area contributed by atoms with Gasteiger partial charge in [-0.15, -0.1) is 0 Å². The highest BCUT2D eigenvalue weighted by molar-refractivity contribution is 5.80. The third kappa shape index (κ3) is 5.02. The Kier molecular flexibility index (Phi) is 6.02. The van der Waals surface area contributed by atoms with E-state index in [1.54, 1.807) is 14.0 Å². The summed E-state index contributed by atoms with van der Waals surface area (Å²) in [5.41, 5.74) is 0.994. The molecule has 5 nitrogen and oxygen atoms in total. The molecule has 2 rings (SSSR count). The second-order valence-corrected chi connectivity index (χ2v) is 5.36. The van der Waals surface area contributed by atoms with Crippen LogP contribution in [-0.4, -0.2) is 38.3 Å². The van der Waals surface area contributed by atoms with Gasteiger partial charge in [0, 0.05) is 12.6 Å². The smallest absolute Gasteiger partial charge is 0.249 e. The summed E-state index contributed by atoms with van der Waals surface area (Å²) in [7, 11) is 1.63. The van der Waals surface area contributed by atoms with E-state index in [1.165, 1.54) is 0 Å². The number of hydrogen-bond donors (Lipinski definition) is 2. The van der Waals surface area contributed by atoms with E-state index in [0.717, 1.165) is 37.2 Å². The highest BCUT2D eigenvalue weighted by Crippen LogP contribution is 2.14. The van der Waals surface area contributed by atoms with Crippen molar-refractivity contribution >= 4 is 5.91 Å². The maximum Gasteiger partial charge on any atom is 0.249 e. The lowest BCUT2D eigenvalue weighted by Gasteiger charge is -2.25. The molecule has 1 amide bonds.